The molecule has 2 aliphatic heterocycles. The van der Waals surface area contributed by atoms with Crippen LogP contribution in [0.3, 0.4) is 0 Å². The fourth-order valence-electron chi connectivity index (χ4n) is 4.37. The molecule has 4 unspecified atom stereocenters. The number of ether oxygens (including phenoxy) is 7. The number of hydrogen-bond donors (Lipinski definition) is 0. The van der Waals surface area contributed by atoms with Gasteiger partial charge in [0.15, 0.2) is 0 Å². The van der Waals surface area contributed by atoms with E-state index < -0.39 is 0 Å². The largest absolute Gasteiger partial charge is 0.491 e. The van der Waals surface area contributed by atoms with Gasteiger partial charge in [-0.05, 0) is 83.9 Å². The van der Waals surface area contributed by atoms with Gasteiger partial charge >= 0.3 is 0 Å². The molecule has 4 atom stereocenters. The van der Waals surface area contributed by atoms with Crippen molar-refractivity contribution in [3.8, 4) is 23.0 Å². The van der Waals surface area contributed by atoms with E-state index in [1.165, 1.54) is 0 Å². The van der Waals surface area contributed by atoms with E-state index in [2.05, 4.69) is 24.3 Å². The zero-order chi connectivity index (χ0) is 26.6. The highest BCUT2D eigenvalue weighted by atomic mass is 16.6. The Morgan fingerprint density at radius 1 is 0.590 bits per heavy atom. The Kier molecular flexibility index (Phi) is 7.72. The predicted octanol–water partition coefficient (Wildman–Crippen LogP) is 5.80. The summed E-state index contributed by atoms with van der Waals surface area (Å²) >= 11 is 0. The summed E-state index contributed by atoms with van der Waals surface area (Å²) in [5, 5.41) is 4.42. The molecule has 7 nitrogen and oxygen atoms in total. The van der Waals surface area contributed by atoms with Crippen LogP contribution in [-0.4, -0.2) is 64.1 Å². The topological polar surface area (TPSA) is 71.2 Å². The zero-order valence-electron chi connectivity index (χ0n) is 22.3. The second kappa shape index (κ2) is 11.7. The van der Waals surface area contributed by atoms with Gasteiger partial charge < -0.3 is 33.2 Å². The molecule has 0 aromatic heterocycles. The van der Waals surface area contributed by atoms with E-state index in [0.717, 1.165) is 57.8 Å². The van der Waals surface area contributed by atoms with Crippen molar-refractivity contribution in [2.75, 3.05) is 39.6 Å². The fourth-order valence-corrected chi connectivity index (χ4v) is 4.37. The predicted molar refractivity (Wildman–Crippen MR) is 149 cm³/mol. The molecule has 2 heterocycles. The second-order valence-electron chi connectivity index (χ2n) is 10.3. The molecule has 0 amide bonds. The highest BCUT2D eigenvalue weighted by Gasteiger charge is 2.23. The Bertz CT molecular complexity index is 1310. The van der Waals surface area contributed by atoms with Crippen molar-refractivity contribution in [1.82, 2.24) is 0 Å². The van der Waals surface area contributed by atoms with Crippen molar-refractivity contribution in [3.63, 3.8) is 0 Å². The molecule has 39 heavy (non-hydrogen) atoms. The summed E-state index contributed by atoms with van der Waals surface area (Å²) in [6.07, 6.45) is 0.296. The zero-order valence-corrected chi connectivity index (χ0v) is 22.3. The third-order valence-electron chi connectivity index (χ3n) is 6.62. The summed E-state index contributed by atoms with van der Waals surface area (Å²) in [5.74, 6) is 3.33. The number of epoxide rings is 2. The Morgan fingerprint density at radius 2 is 0.949 bits per heavy atom. The monoisotopic (exact) mass is 530 g/mol. The first-order valence-corrected chi connectivity index (χ1v) is 13.5. The number of rotatable bonds is 14. The first kappa shape index (κ1) is 25.7. The van der Waals surface area contributed by atoms with Crippen LogP contribution >= 0.6 is 0 Å². The Balaban J connectivity index is 0.944. The molecule has 7 heteroatoms. The summed E-state index contributed by atoms with van der Waals surface area (Å²) in [6, 6.07) is 24.3. The first-order valence-electron chi connectivity index (χ1n) is 13.5. The standard InChI is InChI=1S/C32H34O7/c1-21(38-29-9-5-23-11-27(7-3-25(23)13-29)34-17-31-19-36-31)15-33-16-22(2)39-30-10-6-24-12-28(8-4-26(24)14-30)35-18-32-20-37-32/h3-14,21-22,31-32H,15-20H2,1-2H3. The second-order valence-corrected chi connectivity index (χ2v) is 10.3. The summed E-state index contributed by atoms with van der Waals surface area (Å²) in [6.45, 7) is 7.73. The number of benzene rings is 4. The van der Waals surface area contributed by atoms with Crippen LogP contribution in [0.25, 0.3) is 21.5 Å². The number of hydrogen-bond acceptors (Lipinski definition) is 7. The van der Waals surface area contributed by atoms with E-state index in [4.69, 9.17) is 33.2 Å². The lowest BCUT2D eigenvalue weighted by molar-refractivity contribution is 0.0189. The summed E-state index contributed by atoms with van der Waals surface area (Å²) in [4.78, 5) is 0. The van der Waals surface area contributed by atoms with Gasteiger partial charge in [-0.2, -0.15) is 0 Å². The van der Waals surface area contributed by atoms with E-state index in [9.17, 15) is 0 Å². The van der Waals surface area contributed by atoms with Gasteiger partial charge in [0.05, 0.1) is 26.4 Å². The van der Waals surface area contributed by atoms with Gasteiger partial charge in [0, 0.05) is 0 Å². The maximum absolute atomic E-state index is 6.10. The van der Waals surface area contributed by atoms with Crippen LogP contribution in [0.15, 0.2) is 72.8 Å². The molecule has 0 bridgehead atoms. The van der Waals surface area contributed by atoms with Gasteiger partial charge in [-0.1, -0.05) is 24.3 Å². The van der Waals surface area contributed by atoms with Gasteiger partial charge in [0.1, 0.15) is 60.6 Å². The minimum atomic E-state index is -0.0978. The minimum absolute atomic E-state index is 0.0978. The van der Waals surface area contributed by atoms with E-state index in [0.29, 0.717) is 26.4 Å². The maximum atomic E-state index is 6.10. The third kappa shape index (κ3) is 7.32. The molecule has 2 aliphatic rings. The summed E-state index contributed by atoms with van der Waals surface area (Å²) in [5.41, 5.74) is 0. The van der Waals surface area contributed by atoms with Gasteiger partial charge in [0.2, 0.25) is 0 Å². The SMILES string of the molecule is CC(COCC(C)Oc1ccc2cc(OCC3CO3)ccc2c1)Oc1ccc2cc(OCC3CO3)ccc2c1. The van der Waals surface area contributed by atoms with E-state index in [1.807, 2.05) is 62.4 Å². The minimum Gasteiger partial charge on any atom is -0.491 e. The van der Waals surface area contributed by atoms with E-state index in [1.54, 1.807) is 0 Å². The van der Waals surface area contributed by atoms with Crippen LogP contribution in [0, 0.1) is 0 Å². The normalized spacial score (nSPS) is 19.4. The Morgan fingerprint density at radius 3 is 1.33 bits per heavy atom. The molecule has 0 saturated carbocycles. The van der Waals surface area contributed by atoms with Crippen molar-refractivity contribution in [2.45, 2.75) is 38.3 Å². The quantitative estimate of drug-likeness (QED) is 0.191. The molecule has 0 aliphatic carbocycles. The van der Waals surface area contributed by atoms with Crippen molar-refractivity contribution >= 4 is 21.5 Å². The molecule has 4 aromatic rings. The van der Waals surface area contributed by atoms with E-state index >= 15 is 0 Å². The molecule has 0 spiro atoms. The van der Waals surface area contributed by atoms with Crippen LogP contribution < -0.4 is 18.9 Å². The molecule has 0 radical (unpaired) electrons. The third-order valence-corrected chi connectivity index (χ3v) is 6.62. The molecule has 2 fully saturated rings. The van der Waals surface area contributed by atoms with Crippen molar-refractivity contribution < 1.29 is 33.2 Å². The van der Waals surface area contributed by atoms with Crippen LogP contribution in [-0.2, 0) is 14.2 Å². The number of fused-ring (bicyclic) bond motifs is 2. The molecule has 204 valence electrons. The van der Waals surface area contributed by atoms with Gasteiger partial charge in [-0.15, -0.1) is 0 Å². The summed E-state index contributed by atoms with van der Waals surface area (Å²) < 4.78 is 40.1. The molecule has 4 aromatic carbocycles. The average molecular weight is 531 g/mol. The van der Waals surface area contributed by atoms with E-state index in [-0.39, 0.29) is 24.4 Å². The average Bonchev–Trinajstić information content (AvgIpc) is 3.86. The van der Waals surface area contributed by atoms with Crippen molar-refractivity contribution in [3.05, 3.63) is 72.8 Å². The van der Waals surface area contributed by atoms with Crippen molar-refractivity contribution in [2.24, 2.45) is 0 Å². The van der Waals surface area contributed by atoms with Crippen LogP contribution in [0.4, 0.5) is 0 Å². The highest BCUT2D eigenvalue weighted by molar-refractivity contribution is 5.86. The highest BCUT2D eigenvalue weighted by Crippen LogP contribution is 2.28. The van der Waals surface area contributed by atoms with Crippen LogP contribution in [0.5, 0.6) is 23.0 Å². The maximum Gasteiger partial charge on any atom is 0.120 e. The van der Waals surface area contributed by atoms with Crippen LogP contribution in [0.2, 0.25) is 0 Å². The van der Waals surface area contributed by atoms with Gasteiger partial charge in [-0.25, -0.2) is 0 Å². The van der Waals surface area contributed by atoms with Gasteiger partial charge in [-0.3, -0.25) is 0 Å². The lowest BCUT2D eigenvalue weighted by Gasteiger charge is -2.19. The summed E-state index contributed by atoms with van der Waals surface area (Å²) in [7, 11) is 0. The Labute approximate surface area is 228 Å². The fraction of sp³-hybridized carbons (Fsp3) is 0.375. The smallest absolute Gasteiger partial charge is 0.120 e. The molecule has 6 rings (SSSR count). The van der Waals surface area contributed by atoms with Gasteiger partial charge in [0.25, 0.3) is 0 Å². The molecular formula is C32H34O7. The lowest BCUT2D eigenvalue weighted by Crippen LogP contribution is -2.25. The van der Waals surface area contributed by atoms with Crippen LogP contribution in [0.1, 0.15) is 13.8 Å². The first-order chi connectivity index (χ1) is 19.1. The molecule has 2 saturated heterocycles. The lowest BCUT2D eigenvalue weighted by atomic mass is 10.1. The Hall–Kier alpha value is -3.52. The molecule has 0 N–H and O–H groups in total. The van der Waals surface area contributed by atoms with Crippen molar-refractivity contribution in [1.29, 1.82) is 0 Å². The molecular weight excluding hydrogens is 496 g/mol.